The van der Waals surface area contributed by atoms with Crippen LogP contribution in [0.1, 0.15) is 0 Å². The first-order valence-electron chi connectivity index (χ1n) is 2.67. The Kier molecular flexibility index (Phi) is 1.63. The highest BCUT2D eigenvalue weighted by Gasteiger charge is 2.33. The van der Waals surface area contributed by atoms with Crippen LogP contribution in [0, 0.1) is 5.53 Å². The van der Waals surface area contributed by atoms with Gasteiger partial charge in [-0.05, 0) is 0 Å². The second-order valence-corrected chi connectivity index (χ2v) is 1.84. The summed E-state index contributed by atoms with van der Waals surface area (Å²) < 4.78 is 0. The lowest BCUT2D eigenvalue weighted by Gasteiger charge is -2.15. The van der Waals surface area contributed by atoms with Crippen molar-refractivity contribution in [3.8, 4) is 0 Å². The number of carbonyl (C=O) groups excluding carboxylic acids is 3. The van der Waals surface area contributed by atoms with Gasteiger partial charge in [-0.15, -0.1) is 0 Å². The van der Waals surface area contributed by atoms with Crippen LogP contribution in [-0.2, 0) is 9.59 Å². The molecule has 1 fully saturated rings. The largest absolute Gasteiger partial charge is 0.328 e. The van der Waals surface area contributed by atoms with Crippen LogP contribution in [0.15, 0.2) is 5.11 Å². The maximum Gasteiger partial charge on any atom is 0.328 e. The number of imide groups is 2. The third kappa shape index (κ3) is 1.20. The summed E-state index contributed by atoms with van der Waals surface area (Å²) in [6.45, 7) is 0. The predicted molar refractivity (Wildman–Crippen MR) is 30.6 cm³/mol. The van der Waals surface area contributed by atoms with E-state index in [0.29, 0.717) is 0 Å². The summed E-state index contributed by atoms with van der Waals surface area (Å²) in [5, 5.41) is 6.29. The molecule has 0 aromatic carbocycles. The Bertz CT molecular complexity index is 228. The lowest BCUT2D eigenvalue weighted by Crippen LogP contribution is -2.57. The molecule has 0 spiro atoms. The molecular formula is C4H4N4O3. The number of amides is 4. The van der Waals surface area contributed by atoms with Crippen LogP contribution >= 0.6 is 0 Å². The Balaban J connectivity index is 2.82. The number of nitrogens with one attached hydrogen (secondary N) is 3. The Labute approximate surface area is 60.6 Å². The standard InChI is InChI=1S/C4H4N4O3/c5-8-1-2(9)6-4(11)7-3(1)10/h1,5H,(H2,6,7,9,10,11). The summed E-state index contributed by atoms with van der Waals surface area (Å²) in [5.41, 5.74) is 6.42. The van der Waals surface area contributed by atoms with Gasteiger partial charge in [-0.1, -0.05) is 0 Å². The van der Waals surface area contributed by atoms with Gasteiger partial charge in [0.15, 0.2) is 0 Å². The SMILES string of the molecule is N=NC1C(=O)NC(=O)NC1=O. The molecule has 11 heavy (non-hydrogen) atoms. The molecule has 0 atom stereocenters. The van der Waals surface area contributed by atoms with Crippen molar-refractivity contribution >= 4 is 17.8 Å². The van der Waals surface area contributed by atoms with E-state index in [1.165, 1.54) is 0 Å². The van der Waals surface area contributed by atoms with Crippen molar-refractivity contribution in [3.05, 3.63) is 0 Å². The maximum atomic E-state index is 10.6. The van der Waals surface area contributed by atoms with Crippen LogP contribution in [0.3, 0.4) is 0 Å². The number of urea groups is 1. The number of hydrogen-bond acceptors (Lipinski definition) is 5. The van der Waals surface area contributed by atoms with Crippen LogP contribution in [0.25, 0.3) is 0 Å². The smallest absolute Gasteiger partial charge is 0.275 e. The second kappa shape index (κ2) is 2.45. The van der Waals surface area contributed by atoms with Gasteiger partial charge >= 0.3 is 6.03 Å². The topological polar surface area (TPSA) is 111 Å². The van der Waals surface area contributed by atoms with E-state index in [9.17, 15) is 14.4 Å². The average molecular weight is 156 g/mol. The molecule has 0 radical (unpaired) electrons. The van der Waals surface area contributed by atoms with Gasteiger partial charge in [0.2, 0.25) is 6.04 Å². The number of nitrogens with zero attached hydrogens (tertiary/aromatic N) is 1. The number of barbiturate groups is 1. The summed E-state index contributed by atoms with van der Waals surface area (Å²) >= 11 is 0. The van der Waals surface area contributed by atoms with Crippen molar-refractivity contribution in [1.29, 1.82) is 5.53 Å². The zero-order chi connectivity index (χ0) is 8.43. The fourth-order valence-corrected chi connectivity index (χ4v) is 0.628. The van der Waals surface area contributed by atoms with Gasteiger partial charge < -0.3 is 0 Å². The molecule has 58 valence electrons. The van der Waals surface area contributed by atoms with Gasteiger partial charge in [0.05, 0.1) is 0 Å². The van der Waals surface area contributed by atoms with Crippen LogP contribution in [-0.4, -0.2) is 23.9 Å². The van der Waals surface area contributed by atoms with Gasteiger partial charge in [0.25, 0.3) is 11.8 Å². The molecule has 1 rings (SSSR count). The molecule has 0 saturated carbocycles. The molecule has 0 aliphatic carbocycles. The summed E-state index contributed by atoms with van der Waals surface area (Å²) in [6.07, 6.45) is 0. The molecule has 0 bridgehead atoms. The molecule has 0 aromatic rings. The second-order valence-electron chi connectivity index (χ2n) is 1.84. The minimum Gasteiger partial charge on any atom is -0.275 e. The monoisotopic (exact) mass is 156 g/mol. The van der Waals surface area contributed by atoms with E-state index in [1.807, 2.05) is 0 Å². The fraction of sp³-hybridized carbons (Fsp3) is 0.250. The predicted octanol–water partition coefficient (Wildman–Crippen LogP) is -1.25. The Morgan fingerprint density at radius 1 is 1.18 bits per heavy atom. The third-order valence-corrected chi connectivity index (χ3v) is 1.10. The molecule has 1 aliphatic heterocycles. The average Bonchev–Trinajstić information content (AvgIpc) is 1.85. The van der Waals surface area contributed by atoms with Crippen molar-refractivity contribution < 1.29 is 14.4 Å². The van der Waals surface area contributed by atoms with Crippen molar-refractivity contribution in [3.63, 3.8) is 0 Å². The van der Waals surface area contributed by atoms with Crippen molar-refractivity contribution in [1.82, 2.24) is 10.6 Å². The highest BCUT2D eigenvalue weighted by atomic mass is 16.2. The number of carbonyl (C=O) groups is 3. The molecule has 7 heteroatoms. The number of hydrogen-bond donors (Lipinski definition) is 3. The molecule has 4 amide bonds. The van der Waals surface area contributed by atoms with E-state index in [1.54, 1.807) is 10.6 Å². The highest BCUT2D eigenvalue weighted by Crippen LogP contribution is 1.95. The van der Waals surface area contributed by atoms with Gasteiger partial charge in [0.1, 0.15) is 0 Å². The zero-order valence-electron chi connectivity index (χ0n) is 5.25. The minimum absolute atomic E-state index is 0.867. The normalized spacial score (nSPS) is 19.1. The lowest BCUT2D eigenvalue weighted by atomic mass is 10.2. The van der Waals surface area contributed by atoms with Crippen molar-refractivity contribution in [2.75, 3.05) is 0 Å². The van der Waals surface area contributed by atoms with Gasteiger partial charge in [-0.25, -0.2) is 10.3 Å². The fourth-order valence-electron chi connectivity index (χ4n) is 0.628. The first kappa shape index (κ1) is 7.32. The van der Waals surface area contributed by atoms with Crippen LogP contribution < -0.4 is 10.6 Å². The Morgan fingerprint density at radius 3 is 2.00 bits per heavy atom. The summed E-state index contributed by atoms with van der Waals surface area (Å²) in [4.78, 5) is 31.7. The first-order valence-corrected chi connectivity index (χ1v) is 2.67. The van der Waals surface area contributed by atoms with E-state index in [4.69, 9.17) is 5.53 Å². The van der Waals surface area contributed by atoms with E-state index in [2.05, 4.69) is 5.11 Å². The molecule has 0 aromatic heterocycles. The molecule has 0 unspecified atom stereocenters. The molecule has 3 N–H and O–H groups in total. The summed E-state index contributed by atoms with van der Waals surface area (Å²) in [5.74, 6) is -1.73. The lowest BCUT2D eigenvalue weighted by molar-refractivity contribution is -0.131. The van der Waals surface area contributed by atoms with E-state index < -0.39 is 23.9 Å². The van der Waals surface area contributed by atoms with Crippen LogP contribution in [0.4, 0.5) is 4.79 Å². The highest BCUT2D eigenvalue weighted by molar-refractivity contribution is 6.18. The van der Waals surface area contributed by atoms with Crippen molar-refractivity contribution in [2.24, 2.45) is 5.11 Å². The summed E-state index contributed by atoms with van der Waals surface area (Å²) in [6, 6.07) is -2.30. The first-order chi connectivity index (χ1) is 5.15. The van der Waals surface area contributed by atoms with E-state index in [0.717, 1.165) is 0 Å². The van der Waals surface area contributed by atoms with Gasteiger partial charge in [-0.3, -0.25) is 20.2 Å². The van der Waals surface area contributed by atoms with Crippen LogP contribution in [0.5, 0.6) is 0 Å². The maximum absolute atomic E-state index is 10.6. The molecular weight excluding hydrogens is 152 g/mol. The molecule has 1 aliphatic rings. The van der Waals surface area contributed by atoms with Crippen LogP contribution in [0.2, 0.25) is 0 Å². The van der Waals surface area contributed by atoms with E-state index in [-0.39, 0.29) is 0 Å². The molecule has 1 heterocycles. The van der Waals surface area contributed by atoms with Gasteiger partial charge in [-0.2, -0.15) is 5.11 Å². The minimum atomic E-state index is -1.42. The molecule has 7 nitrogen and oxygen atoms in total. The quantitative estimate of drug-likeness (QED) is 0.325. The zero-order valence-corrected chi connectivity index (χ0v) is 5.25. The van der Waals surface area contributed by atoms with E-state index >= 15 is 0 Å². The van der Waals surface area contributed by atoms with Gasteiger partial charge in [0, 0.05) is 0 Å². The number of rotatable bonds is 1. The van der Waals surface area contributed by atoms with Crippen molar-refractivity contribution in [2.45, 2.75) is 6.04 Å². The molecule has 1 saturated heterocycles. The Hall–Kier alpha value is -1.79. The third-order valence-electron chi connectivity index (χ3n) is 1.10. The Morgan fingerprint density at radius 2 is 1.64 bits per heavy atom. The summed E-state index contributed by atoms with van der Waals surface area (Å²) in [7, 11) is 0.